The van der Waals surface area contributed by atoms with Crippen LogP contribution in [0.15, 0.2) is 0 Å². The Morgan fingerprint density at radius 2 is 1.76 bits per heavy atom. The average molecular weight is 243 g/mol. The van der Waals surface area contributed by atoms with E-state index in [-0.39, 0.29) is 11.8 Å². The third-order valence-corrected chi connectivity index (χ3v) is 2.54. The lowest BCUT2D eigenvalue weighted by Crippen LogP contribution is -2.51. The summed E-state index contributed by atoms with van der Waals surface area (Å²) in [5, 5.41) is 8.44. The molecule has 0 atom stereocenters. The van der Waals surface area contributed by atoms with Crippen molar-refractivity contribution in [2.45, 2.75) is 39.7 Å². The fourth-order valence-corrected chi connectivity index (χ4v) is 1.03. The number of amides is 2. The van der Waals surface area contributed by atoms with Crippen LogP contribution >= 0.6 is 0 Å². The summed E-state index contributed by atoms with van der Waals surface area (Å²) in [4.78, 5) is 23.0. The molecule has 0 aromatic heterocycles. The second-order valence-electron chi connectivity index (χ2n) is 5.08. The minimum Gasteiger partial charge on any atom is -0.356 e. The summed E-state index contributed by atoms with van der Waals surface area (Å²) in [6.45, 7) is 8.71. The van der Waals surface area contributed by atoms with Gasteiger partial charge in [-0.05, 0) is 26.8 Å². The van der Waals surface area contributed by atoms with Gasteiger partial charge in [0.05, 0.1) is 5.54 Å². The van der Waals surface area contributed by atoms with Gasteiger partial charge in [-0.15, -0.1) is 0 Å². The predicted molar refractivity (Wildman–Crippen MR) is 68.6 cm³/mol. The van der Waals surface area contributed by atoms with Crippen LogP contribution in [0, 0.1) is 5.92 Å². The molecule has 0 radical (unpaired) electrons. The average Bonchev–Trinajstić information content (AvgIpc) is 2.26. The van der Waals surface area contributed by atoms with Crippen LogP contribution in [0.5, 0.6) is 0 Å². The highest BCUT2D eigenvalue weighted by molar-refractivity contribution is 5.85. The van der Waals surface area contributed by atoms with E-state index >= 15 is 0 Å². The molecule has 0 unspecified atom stereocenters. The lowest BCUT2D eigenvalue weighted by atomic mass is 10.1. The summed E-state index contributed by atoms with van der Waals surface area (Å²) in [6.07, 6.45) is 0.318. The van der Waals surface area contributed by atoms with Gasteiger partial charge < -0.3 is 16.0 Å². The number of carbonyl (C=O) groups is 2. The molecule has 3 N–H and O–H groups in total. The van der Waals surface area contributed by atoms with E-state index in [1.807, 2.05) is 13.8 Å². The number of nitrogens with one attached hydrogen (secondary N) is 3. The highest BCUT2D eigenvalue weighted by Crippen LogP contribution is 1.99. The molecule has 0 aromatic carbocycles. The fourth-order valence-electron chi connectivity index (χ4n) is 1.03. The Labute approximate surface area is 104 Å². The maximum atomic E-state index is 11.6. The Balaban J connectivity index is 3.77. The van der Waals surface area contributed by atoms with Crippen molar-refractivity contribution < 1.29 is 9.59 Å². The van der Waals surface area contributed by atoms with Crippen molar-refractivity contribution in [2.75, 3.05) is 20.1 Å². The molecule has 0 aliphatic heterocycles. The third kappa shape index (κ3) is 6.94. The Bertz CT molecular complexity index is 262. The SMILES string of the molecule is CNC(C)(C)C(=O)NCCC(=O)NCC(C)C. The first-order valence-electron chi connectivity index (χ1n) is 6.03. The quantitative estimate of drug-likeness (QED) is 0.601. The molecule has 5 nitrogen and oxygen atoms in total. The highest BCUT2D eigenvalue weighted by Gasteiger charge is 2.24. The lowest BCUT2D eigenvalue weighted by molar-refractivity contribution is -0.126. The van der Waals surface area contributed by atoms with Gasteiger partial charge in [-0.1, -0.05) is 13.8 Å². The van der Waals surface area contributed by atoms with Gasteiger partial charge in [0.1, 0.15) is 0 Å². The molecule has 5 heteroatoms. The number of likely N-dealkylation sites (N-methyl/N-ethyl adjacent to an activating group) is 1. The first kappa shape index (κ1) is 15.9. The minimum atomic E-state index is -0.603. The van der Waals surface area contributed by atoms with Gasteiger partial charge in [0.15, 0.2) is 0 Å². The van der Waals surface area contributed by atoms with Crippen molar-refractivity contribution in [1.82, 2.24) is 16.0 Å². The standard InChI is InChI=1S/C12H25N3O2/c1-9(2)8-15-10(16)6-7-14-11(17)12(3,4)13-5/h9,13H,6-8H2,1-5H3,(H,14,17)(H,15,16). The molecule has 0 aromatic rings. The third-order valence-electron chi connectivity index (χ3n) is 2.54. The topological polar surface area (TPSA) is 70.2 Å². The Morgan fingerprint density at radius 1 is 1.18 bits per heavy atom. The van der Waals surface area contributed by atoms with Crippen LogP contribution in [-0.2, 0) is 9.59 Å². The van der Waals surface area contributed by atoms with Crippen molar-refractivity contribution in [3.8, 4) is 0 Å². The van der Waals surface area contributed by atoms with Gasteiger partial charge in [0, 0.05) is 19.5 Å². The summed E-state index contributed by atoms with van der Waals surface area (Å²) in [5.41, 5.74) is -0.603. The normalized spacial score (nSPS) is 11.4. The minimum absolute atomic E-state index is 0.0266. The van der Waals surface area contributed by atoms with E-state index in [2.05, 4.69) is 16.0 Å². The first-order chi connectivity index (χ1) is 7.79. The molecule has 0 saturated carbocycles. The van der Waals surface area contributed by atoms with Gasteiger partial charge in [-0.3, -0.25) is 9.59 Å². The number of hydrogen-bond donors (Lipinski definition) is 3. The highest BCUT2D eigenvalue weighted by atomic mass is 16.2. The van der Waals surface area contributed by atoms with Crippen LogP contribution < -0.4 is 16.0 Å². The molecule has 0 rings (SSSR count). The molecule has 0 aliphatic carbocycles. The Kier molecular flexibility index (Phi) is 6.80. The van der Waals surface area contributed by atoms with Gasteiger partial charge in [-0.2, -0.15) is 0 Å². The van der Waals surface area contributed by atoms with Gasteiger partial charge in [0.2, 0.25) is 11.8 Å². The molecule has 0 heterocycles. The molecule has 0 saturated heterocycles. The zero-order valence-corrected chi connectivity index (χ0v) is 11.5. The van der Waals surface area contributed by atoms with E-state index in [0.29, 0.717) is 25.4 Å². The molecule has 0 spiro atoms. The molecule has 2 amide bonds. The monoisotopic (exact) mass is 243 g/mol. The largest absolute Gasteiger partial charge is 0.356 e. The lowest BCUT2D eigenvalue weighted by Gasteiger charge is -2.22. The first-order valence-corrected chi connectivity index (χ1v) is 6.03. The van der Waals surface area contributed by atoms with Crippen molar-refractivity contribution in [1.29, 1.82) is 0 Å². The van der Waals surface area contributed by atoms with Crippen molar-refractivity contribution in [3.05, 3.63) is 0 Å². The molecule has 100 valence electrons. The number of carbonyl (C=O) groups excluding carboxylic acids is 2. The zero-order valence-electron chi connectivity index (χ0n) is 11.5. The van der Waals surface area contributed by atoms with Crippen LogP contribution in [0.2, 0.25) is 0 Å². The van der Waals surface area contributed by atoms with Crippen molar-refractivity contribution in [2.24, 2.45) is 5.92 Å². The fraction of sp³-hybridized carbons (Fsp3) is 0.833. The summed E-state index contributed by atoms with van der Waals surface area (Å²) in [7, 11) is 1.73. The molecule has 0 bridgehead atoms. The van der Waals surface area contributed by atoms with Crippen LogP contribution in [0.3, 0.4) is 0 Å². The summed E-state index contributed by atoms with van der Waals surface area (Å²) >= 11 is 0. The summed E-state index contributed by atoms with van der Waals surface area (Å²) in [6, 6.07) is 0. The van der Waals surface area contributed by atoms with Crippen molar-refractivity contribution in [3.63, 3.8) is 0 Å². The molecule has 0 fully saturated rings. The van der Waals surface area contributed by atoms with Crippen LogP contribution in [-0.4, -0.2) is 37.5 Å². The molecular weight excluding hydrogens is 218 g/mol. The van der Waals surface area contributed by atoms with E-state index in [1.165, 1.54) is 0 Å². The smallest absolute Gasteiger partial charge is 0.239 e. The second kappa shape index (κ2) is 7.27. The Hall–Kier alpha value is -1.10. The van der Waals surface area contributed by atoms with Gasteiger partial charge in [-0.25, -0.2) is 0 Å². The van der Waals surface area contributed by atoms with Gasteiger partial charge >= 0.3 is 0 Å². The van der Waals surface area contributed by atoms with Crippen LogP contribution in [0.4, 0.5) is 0 Å². The molecular formula is C12H25N3O2. The number of rotatable bonds is 7. The second-order valence-corrected chi connectivity index (χ2v) is 5.08. The maximum absolute atomic E-state index is 11.6. The van der Waals surface area contributed by atoms with E-state index in [9.17, 15) is 9.59 Å². The summed E-state index contributed by atoms with van der Waals surface area (Å²) in [5.74, 6) is 0.315. The van der Waals surface area contributed by atoms with E-state index < -0.39 is 5.54 Å². The van der Waals surface area contributed by atoms with Gasteiger partial charge in [0.25, 0.3) is 0 Å². The van der Waals surface area contributed by atoms with E-state index in [1.54, 1.807) is 20.9 Å². The van der Waals surface area contributed by atoms with E-state index in [4.69, 9.17) is 0 Å². The zero-order chi connectivity index (χ0) is 13.5. The molecule has 17 heavy (non-hydrogen) atoms. The van der Waals surface area contributed by atoms with E-state index in [0.717, 1.165) is 0 Å². The Morgan fingerprint density at radius 3 is 2.24 bits per heavy atom. The van der Waals surface area contributed by atoms with Crippen LogP contribution in [0.1, 0.15) is 34.1 Å². The molecule has 0 aliphatic rings. The van der Waals surface area contributed by atoms with Crippen LogP contribution in [0.25, 0.3) is 0 Å². The number of hydrogen-bond acceptors (Lipinski definition) is 3. The maximum Gasteiger partial charge on any atom is 0.239 e. The van der Waals surface area contributed by atoms with Crippen molar-refractivity contribution >= 4 is 11.8 Å². The summed E-state index contributed by atoms with van der Waals surface area (Å²) < 4.78 is 0. The predicted octanol–water partition coefficient (Wildman–Crippen LogP) is 0.263.